The Morgan fingerprint density at radius 2 is 1.85 bits per heavy atom. The van der Waals surface area contributed by atoms with Gasteiger partial charge in [-0.05, 0) is 33.4 Å². The van der Waals surface area contributed by atoms with Gasteiger partial charge in [0.05, 0.1) is 11.8 Å². The first-order valence-electron chi connectivity index (χ1n) is 6.85. The highest BCUT2D eigenvalue weighted by Crippen LogP contribution is 2.13. The molecule has 0 radical (unpaired) electrons. The fraction of sp³-hybridized carbons (Fsp3) is 0.917. The average molecular weight is 306 g/mol. The Kier molecular flexibility index (Phi) is 5.93. The van der Waals surface area contributed by atoms with E-state index in [-0.39, 0.29) is 5.91 Å². The Bertz CT molecular complexity index is 432. The molecule has 1 amide bonds. The molecule has 0 aliphatic carbocycles. The van der Waals surface area contributed by atoms with Crippen molar-refractivity contribution in [2.75, 3.05) is 46.0 Å². The minimum atomic E-state index is -3.07. The summed E-state index contributed by atoms with van der Waals surface area (Å²) in [6.45, 7) is 5.20. The van der Waals surface area contributed by atoms with Crippen molar-refractivity contribution in [2.24, 2.45) is 5.73 Å². The number of likely N-dealkylation sites (N-methyl/N-ethyl adjacent to an activating group) is 1. The number of nitrogens with one attached hydrogen (secondary N) is 1. The second kappa shape index (κ2) is 6.84. The van der Waals surface area contributed by atoms with E-state index in [9.17, 15) is 13.2 Å². The molecular weight excluding hydrogens is 280 g/mol. The molecule has 1 saturated heterocycles. The van der Waals surface area contributed by atoms with Crippen molar-refractivity contribution in [1.82, 2.24) is 14.5 Å². The van der Waals surface area contributed by atoms with Crippen LogP contribution >= 0.6 is 0 Å². The predicted octanol–water partition coefficient (Wildman–Crippen LogP) is -1.19. The Morgan fingerprint density at radius 1 is 1.30 bits per heavy atom. The van der Waals surface area contributed by atoms with Crippen molar-refractivity contribution in [1.29, 1.82) is 0 Å². The zero-order valence-electron chi connectivity index (χ0n) is 12.6. The monoisotopic (exact) mass is 306 g/mol. The first kappa shape index (κ1) is 17.4. The third kappa shape index (κ3) is 4.69. The number of hydrogen-bond donors (Lipinski definition) is 2. The van der Waals surface area contributed by atoms with Gasteiger partial charge in [-0.25, -0.2) is 8.42 Å². The lowest BCUT2D eigenvalue weighted by atomic mass is 9.95. The standard InChI is InChI=1S/C12H26N4O3S/c1-12(14-2,11(13)17)5-4-6-15-7-9-16(10-8-15)20(3,18)19/h14H,4-10H2,1-3H3,(H2,13,17). The van der Waals surface area contributed by atoms with Crippen molar-refractivity contribution >= 4 is 15.9 Å². The van der Waals surface area contributed by atoms with E-state index >= 15 is 0 Å². The van der Waals surface area contributed by atoms with Crippen LogP contribution < -0.4 is 11.1 Å². The van der Waals surface area contributed by atoms with E-state index < -0.39 is 15.6 Å². The molecule has 1 unspecified atom stereocenters. The normalized spacial score (nSPS) is 21.6. The van der Waals surface area contributed by atoms with E-state index in [4.69, 9.17) is 5.73 Å². The Hall–Kier alpha value is -0.700. The Balaban J connectivity index is 2.34. The van der Waals surface area contributed by atoms with Gasteiger partial charge < -0.3 is 16.0 Å². The van der Waals surface area contributed by atoms with Crippen LogP contribution in [0.15, 0.2) is 0 Å². The number of nitrogens with zero attached hydrogens (tertiary/aromatic N) is 2. The number of rotatable bonds is 7. The molecule has 0 aromatic rings. The van der Waals surface area contributed by atoms with Crippen LogP contribution in [-0.2, 0) is 14.8 Å². The van der Waals surface area contributed by atoms with Crippen molar-refractivity contribution in [2.45, 2.75) is 25.3 Å². The molecule has 0 aromatic heterocycles. The number of amides is 1. The summed E-state index contributed by atoms with van der Waals surface area (Å²) in [7, 11) is -1.34. The topological polar surface area (TPSA) is 95.7 Å². The first-order chi connectivity index (χ1) is 9.19. The van der Waals surface area contributed by atoms with Crippen LogP contribution in [0.4, 0.5) is 0 Å². The smallest absolute Gasteiger partial charge is 0.237 e. The molecule has 7 nitrogen and oxygen atoms in total. The molecule has 8 heteroatoms. The van der Waals surface area contributed by atoms with E-state index in [2.05, 4.69) is 10.2 Å². The summed E-state index contributed by atoms with van der Waals surface area (Å²) in [5.74, 6) is -0.345. The van der Waals surface area contributed by atoms with Gasteiger partial charge in [0.25, 0.3) is 0 Å². The van der Waals surface area contributed by atoms with Crippen LogP contribution in [0.25, 0.3) is 0 Å². The van der Waals surface area contributed by atoms with Gasteiger partial charge in [-0.15, -0.1) is 0 Å². The van der Waals surface area contributed by atoms with E-state index in [0.29, 0.717) is 19.5 Å². The van der Waals surface area contributed by atoms with Crippen LogP contribution in [-0.4, -0.2) is 75.1 Å². The second-order valence-electron chi connectivity index (χ2n) is 5.55. The molecule has 1 aliphatic rings. The molecule has 1 atom stereocenters. The van der Waals surface area contributed by atoms with Crippen molar-refractivity contribution in [3.8, 4) is 0 Å². The summed E-state index contributed by atoms with van der Waals surface area (Å²) >= 11 is 0. The maximum absolute atomic E-state index is 11.4. The van der Waals surface area contributed by atoms with Crippen LogP contribution in [0.2, 0.25) is 0 Å². The molecule has 1 fully saturated rings. The van der Waals surface area contributed by atoms with Crippen molar-refractivity contribution in [3.05, 3.63) is 0 Å². The summed E-state index contributed by atoms with van der Waals surface area (Å²) in [4.78, 5) is 13.6. The maximum atomic E-state index is 11.4. The Labute approximate surface area is 121 Å². The number of nitrogens with two attached hydrogens (primary N) is 1. The highest BCUT2D eigenvalue weighted by Gasteiger charge is 2.29. The average Bonchev–Trinajstić information content (AvgIpc) is 2.37. The van der Waals surface area contributed by atoms with Crippen LogP contribution in [0.1, 0.15) is 19.8 Å². The number of primary amides is 1. The van der Waals surface area contributed by atoms with Gasteiger partial charge >= 0.3 is 0 Å². The minimum Gasteiger partial charge on any atom is -0.368 e. The fourth-order valence-corrected chi connectivity index (χ4v) is 3.14. The van der Waals surface area contributed by atoms with Crippen molar-refractivity contribution < 1.29 is 13.2 Å². The number of piperazine rings is 1. The lowest BCUT2D eigenvalue weighted by Gasteiger charge is -2.34. The molecule has 20 heavy (non-hydrogen) atoms. The molecule has 3 N–H and O–H groups in total. The van der Waals surface area contributed by atoms with Gasteiger partial charge in [-0.1, -0.05) is 0 Å². The minimum absolute atomic E-state index is 0.345. The van der Waals surface area contributed by atoms with Gasteiger partial charge in [0.2, 0.25) is 15.9 Å². The summed E-state index contributed by atoms with van der Waals surface area (Å²) in [6.07, 6.45) is 2.76. The quantitative estimate of drug-likeness (QED) is 0.616. The molecule has 0 bridgehead atoms. The molecule has 1 rings (SSSR count). The molecule has 118 valence electrons. The predicted molar refractivity (Wildman–Crippen MR) is 78.7 cm³/mol. The van der Waals surface area contributed by atoms with Gasteiger partial charge in [-0.2, -0.15) is 4.31 Å². The van der Waals surface area contributed by atoms with E-state index in [0.717, 1.165) is 26.1 Å². The molecular formula is C12H26N4O3S. The Morgan fingerprint density at radius 3 is 2.25 bits per heavy atom. The van der Waals surface area contributed by atoms with Crippen LogP contribution in [0.5, 0.6) is 0 Å². The fourth-order valence-electron chi connectivity index (χ4n) is 2.31. The second-order valence-corrected chi connectivity index (χ2v) is 7.54. The van der Waals surface area contributed by atoms with Gasteiger partial charge in [-0.3, -0.25) is 4.79 Å². The lowest BCUT2D eigenvalue weighted by Crippen LogP contribution is -2.52. The number of hydrogen-bond acceptors (Lipinski definition) is 5. The highest BCUT2D eigenvalue weighted by atomic mass is 32.2. The number of carbonyl (C=O) groups is 1. The highest BCUT2D eigenvalue weighted by molar-refractivity contribution is 7.88. The van der Waals surface area contributed by atoms with Crippen molar-refractivity contribution in [3.63, 3.8) is 0 Å². The maximum Gasteiger partial charge on any atom is 0.237 e. The van der Waals surface area contributed by atoms with E-state index in [1.807, 2.05) is 0 Å². The third-order valence-corrected chi connectivity index (χ3v) is 5.35. The van der Waals surface area contributed by atoms with E-state index in [1.54, 1.807) is 14.0 Å². The molecule has 0 spiro atoms. The molecule has 0 aromatic carbocycles. The SMILES string of the molecule is CNC(C)(CCCN1CCN(S(C)(=O)=O)CC1)C(N)=O. The van der Waals surface area contributed by atoms with Crippen LogP contribution in [0.3, 0.4) is 0 Å². The molecule has 0 saturated carbocycles. The lowest BCUT2D eigenvalue weighted by molar-refractivity contribution is -0.123. The van der Waals surface area contributed by atoms with Gasteiger partial charge in [0.15, 0.2) is 0 Å². The van der Waals surface area contributed by atoms with Crippen LogP contribution in [0, 0.1) is 0 Å². The first-order valence-corrected chi connectivity index (χ1v) is 8.70. The van der Waals surface area contributed by atoms with Gasteiger partial charge in [0.1, 0.15) is 0 Å². The van der Waals surface area contributed by atoms with Gasteiger partial charge in [0, 0.05) is 26.2 Å². The molecule has 1 heterocycles. The summed E-state index contributed by atoms with van der Waals surface area (Å²) in [5, 5.41) is 2.96. The summed E-state index contributed by atoms with van der Waals surface area (Å²) in [6, 6.07) is 0. The summed E-state index contributed by atoms with van der Waals surface area (Å²) in [5.41, 5.74) is 4.71. The summed E-state index contributed by atoms with van der Waals surface area (Å²) < 4.78 is 24.3. The van der Waals surface area contributed by atoms with E-state index in [1.165, 1.54) is 10.6 Å². The zero-order chi connectivity index (χ0) is 15.4. The largest absolute Gasteiger partial charge is 0.368 e. The third-order valence-electron chi connectivity index (χ3n) is 4.05. The number of carbonyl (C=O) groups excluding carboxylic acids is 1. The zero-order valence-corrected chi connectivity index (χ0v) is 13.4. The number of sulfonamides is 1. The molecule has 1 aliphatic heterocycles.